The van der Waals surface area contributed by atoms with Gasteiger partial charge in [0.25, 0.3) is 11.6 Å². The monoisotopic (exact) mass is 524 g/mol. The average Bonchev–Trinajstić information content (AvgIpc) is 3.40. The predicted molar refractivity (Wildman–Crippen MR) is 129 cm³/mol. The second-order valence-electron chi connectivity index (χ2n) is 7.81. The molecule has 0 aliphatic rings. The normalized spacial score (nSPS) is 10.8. The first-order valence-electron chi connectivity index (χ1n) is 10.3. The molecule has 4 rings (SSSR count). The summed E-state index contributed by atoms with van der Waals surface area (Å²) in [6.07, 6.45) is 5.08. The first-order valence-corrected chi connectivity index (χ1v) is 11.0. The zero-order chi connectivity index (χ0) is 24.4. The van der Waals surface area contributed by atoms with E-state index in [1.807, 2.05) is 32.9 Å². The Bertz CT molecular complexity index is 1390. The molecule has 0 unspecified atom stereocenters. The molecular weight excluding hydrogens is 504 g/mol. The van der Waals surface area contributed by atoms with E-state index in [0.717, 1.165) is 21.2 Å². The number of nitro benzene ring substituents is 1. The number of hydrogen-bond acceptors (Lipinski definition) is 6. The fraction of sp³-hybridized carbons (Fsp3) is 0.174. The lowest BCUT2D eigenvalue weighted by atomic mass is 10.1. The van der Waals surface area contributed by atoms with Crippen LogP contribution in [0.1, 0.15) is 27.2 Å². The molecule has 0 saturated heterocycles. The van der Waals surface area contributed by atoms with Gasteiger partial charge in [-0.3, -0.25) is 19.6 Å². The molecular formula is C23H21BrN6O4. The summed E-state index contributed by atoms with van der Waals surface area (Å²) in [5.74, 6) is 0.334. The molecule has 0 atom stereocenters. The molecule has 2 aromatic heterocycles. The summed E-state index contributed by atoms with van der Waals surface area (Å²) >= 11 is 3.33. The Morgan fingerprint density at radius 1 is 1.18 bits per heavy atom. The molecule has 4 aromatic rings. The number of anilines is 1. The second-order valence-corrected chi connectivity index (χ2v) is 8.73. The minimum atomic E-state index is -0.534. The summed E-state index contributed by atoms with van der Waals surface area (Å²) in [5, 5.41) is 22.6. The van der Waals surface area contributed by atoms with Crippen molar-refractivity contribution in [2.45, 2.75) is 27.4 Å². The second kappa shape index (κ2) is 9.48. The summed E-state index contributed by atoms with van der Waals surface area (Å²) in [5.41, 5.74) is 3.16. The van der Waals surface area contributed by atoms with Crippen LogP contribution in [0.25, 0.3) is 0 Å². The van der Waals surface area contributed by atoms with Gasteiger partial charge in [-0.2, -0.15) is 10.2 Å². The third-order valence-electron chi connectivity index (χ3n) is 5.12. The summed E-state index contributed by atoms with van der Waals surface area (Å²) in [4.78, 5) is 23.7. The van der Waals surface area contributed by atoms with Crippen LogP contribution in [0.2, 0.25) is 0 Å². The van der Waals surface area contributed by atoms with Crippen molar-refractivity contribution in [2.75, 3.05) is 5.32 Å². The van der Waals surface area contributed by atoms with Gasteiger partial charge in [0.05, 0.1) is 27.3 Å². The highest BCUT2D eigenvalue weighted by Gasteiger charge is 2.16. The fourth-order valence-electron chi connectivity index (χ4n) is 3.37. The Balaban J connectivity index is 1.55. The van der Waals surface area contributed by atoms with Gasteiger partial charge in [0.1, 0.15) is 18.2 Å². The number of carbonyl (C=O) groups is 1. The van der Waals surface area contributed by atoms with Gasteiger partial charge >= 0.3 is 0 Å². The van der Waals surface area contributed by atoms with E-state index < -0.39 is 10.8 Å². The summed E-state index contributed by atoms with van der Waals surface area (Å²) < 4.78 is 10.0. The SMILES string of the molecule is Cc1cc(C)c(C)c(Oc2cc(NC(=O)c3ccn(Cn4cc(Br)cn4)n3)cc([N+](=O)[O-])c2)c1. The standard InChI is InChI=1S/C23H21BrN6O4/c1-14-6-15(2)16(3)22(7-14)34-20-9-18(8-19(10-20)30(32)33)26-23(31)21-4-5-28(27-21)13-29-12-17(24)11-25-29/h4-12H,13H2,1-3H3,(H,26,31). The van der Waals surface area contributed by atoms with Crippen molar-refractivity contribution in [1.29, 1.82) is 0 Å². The van der Waals surface area contributed by atoms with Crippen LogP contribution in [-0.4, -0.2) is 30.4 Å². The van der Waals surface area contributed by atoms with Crippen molar-refractivity contribution in [3.05, 3.63) is 92.0 Å². The minimum Gasteiger partial charge on any atom is -0.457 e. The van der Waals surface area contributed by atoms with E-state index in [1.165, 1.54) is 12.1 Å². The molecule has 0 saturated carbocycles. The zero-order valence-corrected chi connectivity index (χ0v) is 20.2. The first-order chi connectivity index (χ1) is 16.2. The Hall–Kier alpha value is -3.99. The molecule has 0 spiro atoms. The molecule has 2 heterocycles. The number of aromatic nitrogens is 4. The van der Waals surface area contributed by atoms with Crippen LogP contribution in [0.4, 0.5) is 11.4 Å². The third kappa shape index (κ3) is 5.31. The van der Waals surface area contributed by atoms with Crippen molar-refractivity contribution in [3.63, 3.8) is 0 Å². The van der Waals surface area contributed by atoms with Gasteiger partial charge in [0, 0.05) is 24.5 Å². The molecule has 11 heteroatoms. The van der Waals surface area contributed by atoms with Gasteiger partial charge < -0.3 is 10.1 Å². The zero-order valence-electron chi connectivity index (χ0n) is 18.7. The highest BCUT2D eigenvalue weighted by Crippen LogP contribution is 2.33. The first kappa shape index (κ1) is 23.2. The van der Waals surface area contributed by atoms with Gasteiger partial charge in [-0.1, -0.05) is 6.07 Å². The van der Waals surface area contributed by atoms with E-state index in [2.05, 4.69) is 31.4 Å². The number of carbonyl (C=O) groups excluding carboxylic acids is 1. The van der Waals surface area contributed by atoms with Crippen LogP contribution < -0.4 is 10.1 Å². The number of hydrogen-bond donors (Lipinski definition) is 1. The Labute approximate surface area is 203 Å². The van der Waals surface area contributed by atoms with Crippen molar-refractivity contribution in [2.24, 2.45) is 0 Å². The number of ether oxygens (including phenoxy) is 1. The van der Waals surface area contributed by atoms with Gasteiger partial charge in [-0.25, -0.2) is 4.68 Å². The van der Waals surface area contributed by atoms with Crippen LogP contribution in [0, 0.1) is 30.9 Å². The van der Waals surface area contributed by atoms with Crippen LogP contribution >= 0.6 is 15.9 Å². The van der Waals surface area contributed by atoms with Crippen molar-refractivity contribution < 1.29 is 14.5 Å². The van der Waals surface area contributed by atoms with Crippen molar-refractivity contribution in [1.82, 2.24) is 19.6 Å². The Kier molecular flexibility index (Phi) is 6.46. The molecule has 0 fully saturated rings. The summed E-state index contributed by atoms with van der Waals surface area (Å²) in [6.45, 7) is 6.16. The maximum atomic E-state index is 12.8. The number of non-ortho nitro benzene ring substituents is 1. The van der Waals surface area contributed by atoms with Crippen LogP contribution in [0.15, 0.2) is 59.5 Å². The maximum absolute atomic E-state index is 12.8. The average molecular weight is 525 g/mol. The van der Waals surface area contributed by atoms with Crippen LogP contribution in [0.3, 0.4) is 0 Å². The number of halogens is 1. The van der Waals surface area contributed by atoms with Gasteiger partial charge in [-0.05, 0) is 65.5 Å². The number of nitrogens with zero attached hydrogens (tertiary/aromatic N) is 5. The molecule has 0 bridgehead atoms. The van der Waals surface area contributed by atoms with Crippen LogP contribution in [0.5, 0.6) is 11.5 Å². The molecule has 2 aromatic carbocycles. The van der Waals surface area contributed by atoms with E-state index in [4.69, 9.17) is 4.74 Å². The van der Waals surface area contributed by atoms with E-state index in [-0.39, 0.29) is 22.8 Å². The third-order valence-corrected chi connectivity index (χ3v) is 5.53. The lowest BCUT2D eigenvalue weighted by Crippen LogP contribution is -2.15. The lowest BCUT2D eigenvalue weighted by molar-refractivity contribution is -0.384. The molecule has 174 valence electrons. The van der Waals surface area contributed by atoms with E-state index in [9.17, 15) is 14.9 Å². The quantitative estimate of drug-likeness (QED) is 0.261. The topological polar surface area (TPSA) is 117 Å². The molecule has 34 heavy (non-hydrogen) atoms. The van der Waals surface area contributed by atoms with Gasteiger partial charge in [-0.15, -0.1) is 0 Å². The molecule has 1 N–H and O–H groups in total. The number of nitrogens with one attached hydrogen (secondary N) is 1. The Morgan fingerprint density at radius 2 is 1.97 bits per heavy atom. The number of nitro groups is 1. The Morgan fingerprint density at radius 3 is 2.68 bits per heavy atom. The maximum Gasteiger partial charge on any atom is 0.276 e. The van der Waals surface area contributed by atoms with E-state index in [1.54, 1.807) is 40.1 Å². The minimum absolute atomic E-state index is 0.158. The molecule has 0 radical (unpaired) electrons. The fourth-order valence-corrected chi connectivity index (χ4v) is 3.70. The number of benzene rings is 2. The predicted octanol–water partition coefficient (Wildman–Crippen LogP) is 5.23. The number of rotatable bonds is 7. The van der Waals surface area contributed by atoms with Crippen molar-refractivity contribution in [3.8, 4) is 11.5 Å². The van der Waals surface area contributed by atoms with E-state index >= 15 is 0 Å². The molecule has 1 amide bonds. The number of aryl methyl sites for hydroxylation is 2. The highest BCUT2D eigenvalue weighted by molar-refractivity contribution is 9.10. The van der Waals surface area contributed by atoms with E-state index in [0.29, 0.717) is 12.4 Å². The summed E-state index contributed by atoms with van der Waals surface area (Å²) in [7, 11) is 0. The lowest BCUT2D eigenvalue weighted by Gasteiger charge is -2.13. The molecule has 0 aliphatic carbocycles. The molecule has 0 aliphatic heterocycles. The molecule has 10 nitrogen and oxygen atoms in total. The van der Waals surface area contributed by atoms with Crippen LogP contribution in [-0.2, 0) is 6.67 Å². The summed E-state index contributed by atoms with van der Waals surface area (Å²) in [6, 6.07) is 9.60. The van der Waals surface area contributed by atoms with Gasteiger partial charge in [0.15, 0.2) is 5.69 Å². The van der Waals surface area contributed by atoms with Crippen molar-refractivity contribution >= 4 is 33.2 Å². The van der Waals surface area contributed by atoms with Gasteiger partial charge in [0.2, 0.25) is 0 Å². The largest absolute Gasteiger partial charge is 0.457 e. The highest BCUT2D eigenvalue weighted by atomic mass is 79.9. The smallest absolute Gasteiger partial charge is 0.276 e. The number of amides is 1.